The van der Waals surface area contributed by atoms with Crippen LogP contribution in [0.1, 0.15) is 39.2 Å². The number of rotatable bonds is 6. The number of hydrogen-bond donors (Lipinski definition) is 2. The molecule has 2 aromatic rings. The predicted molar refractivity (Wildman–Crippen MR) is 116 cm³/mol. The first-order chi connectivity index (χ1) is 14.3. The summed E-state index contributed by atoms with van der Waals surface area (Å²) in [6, 6.07) is 7.03. The molecule has 1 aliphatic carbocycles. The summed E-state index contributed by atoms with van der Waals surface area (Å²) in [4.78, 5) is 26.5. The summed E-state index contributed by atoms with van der Waals surface area (Å²) in [6.45, 7) is 1.81. The maximum Gasteiger partial charge on any atom is 0.262 e. The van der Waals surface area contributed by atoms with Crippen LogP contribution in [0.2, 0.25) is 0 Å². The number of benzene rings is 1. The van der Waals surface area contributed by atoms with Gasteiger partial charge in [0.05, 0.1) is 17.1 Å². The molecule has 0 bridgehead atoms. The molecule has 1 unspecified atom stereocenters. The van der Waals surface area contributed by atoms with Crippen LogP contribution in [-0.2, 0) is 27.5 Å². The van der Waals surface area contributed by atoms with Crippen LogP contribution in [0.3, 0.4) is 0 Å². The number of anilines is 1. The van der Waals surface area contributed by atoms with Gasteiger partial charge < -0.3 is 15.4 Å². The van der Waals surface area contributed by atoms with Gasteiger partial charge in [0.2, 0.25) is 0 Å². The Morgan fingerprint density at radius 3 is 2.67 bits per heavy atom. The van der Waals surface area contributed by atoms with Crippen molar-refractivity contribution in [3.63, 3.8) is 0 Å². The van der Waals surface area contributed by atoms with Gasteiger partial charge in [-0.25, -0.2) is 8.42 Å². The summed E-state index contributed by atoms with van der Waals surface area (Å²) in [5.41, 5.74) is 2.54. The van der Waals surface area contributed by atoms with Crippen LogP contribution >= 0.6 is 11.3 Å². The van der Waals surface area contributed by atoms with E-state index >= 15 is 0 Å². The molecule has 2 amide bonds. The van der Waals surface area contributed by atoms with Crippen LogP contribution in [0.4, 0.5) is 5.00 Å². The Morgan fingerprint density at radius 2 is 1.97 bits per heavy atom. The fraction of sp³-hybridized carbons (Fsp3) is 0.429. The van der Waals surface area contributed by atoms with Crippen LogP contribution in [0, 0.1) is 6.92 Å². The van der Waals surface area contributed by atoms with Gasteiger partial charge in [0.15, 0.2) is 16.4 Å². The van der Waals surface area contributed by atoms with Gasteiger partial charge in [0.25, 0.3) is 11.8 Å². The molecule has 1 fully saturated rings. The number of carbonyl (C=O) groups is 2. The van der Waals surface area contributed by atoms with Crippen molar-refractivity contribution in [2.24, 2.45) is 0 Å². The largest absolute Gasteiger partial charge is 0.484 e. The lowest BCUT2D eigenvalue weighted by Gasteiger charge is -2.13. The van der Waals surface area contributed by atoms with Crippen LogP contribution in [0.25, 0.3) is 0 Å². The highest BCUT2D eigenvalue weighted by molar-refractivity contribution is 7.91. The van der Waals surface area contributed by atoms with Crippen molar-refractivity contribution in [3.05, 3.63) is 45.8 Å². The summed E-state index contributed by atoms with van der Waals surface area (Å²) < 4.78 is 28.9. The Balaban J connectivity index is 1.45. The van der Waals surface area contributed by atoms with E-state index < -0.39 is 9.84 Å². The third-order valence-electron chi connectivity index (χ3n) is 5.36. The highest BCUT2D eigenvalue weighted by Gasteiger charge is 2.32. The fourth-order valence-electron chi connectivity index (χ4n) is 3.85. The van der Waals surface area contributed by atoms with Crippen molar-refractivity contribution in [1.29, 1.82) is 0 Å². The molecule has 4 rings (SSSR count). The average Bonchev–Trinajstić information content (AvgIpc) is 3.35. The molecule has 1 aromatic heterocycles. The van der Waals surface area contributed by atoms with Crippen LogP contribution in [0.5, 0.6) is 5.75 Å². The number of thiophene rings is 1. The Kier molecular flexibility index (Phi) is 5.84. The van der Waals surface area contributed by atoms with Crippen LogP contribution in [-0.4, -0.2) is 44.4 Å². The summed E-state index contributed by atoms with van der Waals surface area (Å²) >= 11 is 1.42. The number of nitrogens with one attached hydrogen (secondary N) is 2. The number of aryl methyl sites for hydroxylation is 2. The Morgan fingerprint density at radius 1 is 1.20 bits per heavy atom. The average molecular weight is 449 g/mol. The molecule has 30 heavy (non-hydrogen) atoms. The van der Waals surface area contributed by atoms with Gasteiger partial charge in [0.1, 0.15) is 10.8 Å². The number of ether oxygens (including phenoxy) is 1. The molecule has 2 heterocycles. The lowest BCUT2D eigenvalue weighted by atomic mass is 10.1. The molecule has 0 saturated carbocycles. The minimum absolute atomic E-state index is 0.0306. The van der Waals surface area contributed by atoms with E-state index in [2.05, 4.69) is 10.6 Å². The zero-order chi connectivity index (χ0) is 21.3. The second-order valence-corrected chi connectivity index (χ2v) is 11.1. The SMILES string of the molecule is Cc1ccc(OCC(=O)Nc2sc3c(c2C(=O)NC2CCS(=O)(=O)C2)CCC3)cc1. The zero-order valence-corrected chi connectivity index (χ0v) is 18.3. The molecular weight excluding hydrogens is 424 g/mol. The molecule has 9 heteroatoms. The molecule has 1 atom stereocenters. The third-order valence-corrected chi connectivity index (χ3v) is 8.34. The van der Waals surface area contributed by atoms with Crippen LogP contribution in [0.15, 0.2) is 24.3 Å². The molecule has 1 saturated heterocycles. The maximum absolute atomic E-state index is 13.0. The minimum Gasteiger partial charge on any atom is -0.484 e. The lowest BCUT2D eigenvalue weighted by Crippen LogP contribution is -2.36. The topological polar surface area (TPSA) is 102 Å². The molecular formula is C21H24N2O5S2. The Labute approximate surface area is 179 Å². The molecule has 160 valence electrons. The van der Waals surface area contributed by atoms with Crippen molar-refractivity contribution in [1.82, 2.24) is 5.32 Å². The van der Waals surface area contributed by atoms with E-state index in [1.54, 1.807) is 12.1 Å². The van der Waals surface area contributed by atoms with Gasteiger partial charge in [0, 0.05) is 10.9 Å². The van der Waals surface area contributed by atoms with Gasteiger partial charge >= 0.3 is 0 Å². The van der Waals surface area contributed by atoms with E-state index in [0.29, 0.717) is 22.7 Å². The van der Waals surface area contributed by atoms with Crippen LogP contribution < -0.4 is 15.4 Å². The second-order valence-electron chi connectivity index (χ2n) is 7.78. The van der Waals surface area contributed by atoms with E-state index in [4.69, 9.17) is 4.74 Å². The van der Waals surface area contributed by atoms with E-state index in [0.717, 1.165) is 35.3 Å². The number of hydrogen-bond acceptors (Lipinski definition) is 6. The number of sulfone groups is 1. The molecule has 7 nitrogen and oxygen atoms in total. The van der Waals surface area contributed by atoms with Gasteiger partial charge in [-0.3, -0.25) is 9.59 Å². The van der Waals surface area contributed by atoms with Gasteiger partial charge in [-0.2, -0.15) is 0 Å². The standard InChI is InChI=1S/C21H24N2O5S2/c1-13-5-7-15(8-6-13)28-11-18(24)23-21-19(16-3-2-4-17(16)29-21)20(25)22-14-9-10-30(26,27)12-14/h5-8,14H,2-4,9-12H2,1H3,(H,22,25)(H,23,24). The first kappa shape index (κ1) is 20.9. The third kappa shape index (κ3) is 4.67. The van der Waals surface area contributed by atoms with E-state index in [9.17, 15) is 18.0 Å². The predicted octanol–water partition coefficient (Wildman–Crippen LogP) is 2.48. The van der Waals surface area contributed by atoms with Crippen molar-refractivity contribution in [2.75, 3.05) is 23.4 Å². The molecule has 0 spiro atoms. The Bertz CT molecular complexity index is 1070. The number of amides is 2. The monoisotopic (exact) mass is 448 g/mol. The summed E-state index contributed by atoms with van der Waals surface area (Å²) in [6.07, 6.45) is 3.07. The van der Waals surface area contributed by atoms with E-state index in [1.165, 1.54) is 11.3 Å². The Hall–Kier alpha value is -2.39. The quantitative estimate of drug-likeness (QED) is 0.707. The van der Waals surface area contributed by atoms with Crippen molar-refractivity contribution < 1.29 is 22.7 Å². The molecule has 1 aliphatic heterocycles. The second kappa shape index (κ2) is 8.39. The minimum atomic E-state index is -3.09. The molecule has 0 radical (unpaired) electrons. The first-order valence-electron chi connectivity index (χ1n) is 9.96. The van der Waals surface area contributed by atoms with Gasteiger partial charge in [-0.15, -0.1) is 11.3 Å². The molecule has 2 aliphatic rings. The van der Waals surface area contributed by atoms with Crippen molar-refractivity contribution >= 4 is 38.0 Å². The van der Waals surface area contributed by atoms with E-state index in [1.807, 2.05) is 19.1 Å². The maximum atomic E-state index is 13.0. The normalized spacial score (nSPS) is 19.3. The highest BCUT2D eigenvalue weighted by Crippen LogP contribution is 2.39. The smallest absolute Gasteiger partial charge is 0.262 e. The number of carbonyl (C=O) groups excluding carboxylic acids is 2. The lowest BCUT2D eigenvalue weighted by molar-refractivity contribution is -0.118. The zero-order valence-electron chi connectivity index (χ0n) is 16.7. The number of fused-ring (bicyclic) bond motifs is 1. The summed E-state index contributed by atoms with van der Waals surface area (Å²) in [7, 11) is -3.09. The van der Waals surface area contributed by atoms with E-state index in [-0.39, 0.29) is 36.0 Å². The molecule has 2 N–H and O–H groups in total. The van der Waals surface area contributed by atoms with Crippen molar-refractivity contribution in [2.45, 2.75) is 38.6 Å². The van der Waals surface area contributed by atoms with Crippen molar-refractivity contribution in [3.8, 4) is 5.75 Å². The van der Waals surface area contributed by atoms with Gasteiger partial charge in [-0.1, -0.05) is 17.7 Å². The summed E-state index contributed by atoms with van der Waals surface area (Å²) in [5, 5.41) is 6.18. The first-order valence-corrected chi connectivity index (χ1v) is 12.6. The van der Waals surface area contributed by atoms with Gasteiger partial charge in [-0.05, 0) is 50.3 Å². The fourth-order valence-corrected chi connectivity index (χ4v) is 6.82. The summed E-state index contributed by atoms with van der Waals surface area (Å²) in [5.74, 6) is 0.0145. The highest BCUT2D eigenvalue weighted by atomic mass is 32.2. The molecule has 1 aromatic carbocycles.